The van der Waals surface area contributed by atoms with Crippen LogP contribution < -0.4 is 15.9 Å². The summed E-state index contributed by atoms with van der Waals surface area (Å²) in [6, 6.07) is 32.9. The molecule has 1 aliphatic heterocycles. The van der Waals surface area contributed by atoms with E-state index in [1.807, 2.05) is 0 Å². The predicted octanol–water partition coefficient (Wildman–Crippen LogP) is 6.15. The van der Waals surface area contributed by atoms with Crippen LogP contribution in [-0.4, -0.2) is 25.2 Å². The van der Waals surface area contributed by atoms with Crippen molar-refractivity contribution in [3.63, 3.8) is 0 Å². The second kappa shape index (κ2) is 9.96. The van der Waals surface area contributed by atoms with Crippen molar-refractivity contribution in [3.05, 3.63) is 91.0 Å². The summed E-state index contributed by atoms with van der Waals surface area (Å²) in [5.74, 6) is 0. The first kappa shape index (κ1) is 22.7. The van der Waals surface area contributed by atoms with Crippen LogP contribution in [-0.2, 0) is 9.47 Å². The van der Waals surface area contributed by atoms with Crippen LogP contribution in [0.3, 0.4) is 0 Å². The third-order valence-electron chi connectivity index (χ3n) is 6.59. The van der Waals surface area contributed by atoms with Gasteiger partial charge in [0.1, 0.15) is 0 Å². The molecule has 1 saturated heterocycles. The minimum atomic E-state index is -2.94. The molecule has 164 valence electrons. The molecule has 1 heterocycles. The predicted molar refractivity (Wildman–Crippen MR) is 138 cm³/mol. The van der Waals surface area contributed by atoms with Crippen LogP contribution in [0.2, 0.25) is 0 Å². The molecule has 1 aliphatic rings. The molecule has 0 N–H and O–H groups in total. The van der Waals surface area contributed by atoms with Crippen molar-refractivity contribution in [1.82, 2.24) is 0 Å². The van der Waals surface area contributed by atoms with Crippen molar-refractivity contribution < 1.29 is 9.47 Å². The van der Waals surface area contributed by atoms with Crippen LogP contribution >= 0.6 is 20.8 Å². The fourth-order valence-corrected chi connectivity index (χ4v) is 12.8. The summed E-state index contributed by atoms with van der Waals surface area (Å²) >= 11 is 4.55. The molecule has 1 fully saturated rings. The molecule has 0 saturated carbocycles. The first-order chi connectivity index (χ1) is 15.1. The van der Waals surface area contributed by atoms with Gasteiger partial charge >= 0.3 is 195 Å². The Hall–Kier alpha value is -1.51. The fraction of sp³-hybridized carbons (Fsp3) is 0.333. The summed E-state index contributed by atoms with van der Waals surface area (Å²) < 4.78 is 12.0. The Morgan fingerprint density at radius 3 is 1.74 bits per heavy atom. The summed E-state index contributed by atoms with van der Waals surface area (Å²) in [5, 5.41) is 1.12. The standard InChI is InChI=1S/C27H32BrO2P/c1-23(20-22-30-27-19-11-12-21-29-27)31(28,24-13-5-2-6-14-24,25-15-7-3-8-16-25)26-17-9-4-10-18-26/h2-10,13-18,23,27H,11-12,19-22H2,1H3. The quantitative estimate of drug-likeness (QED) is 0.347. The van der Waals surface area contributed by atoms with Gasteiger partial charge < -0.3 is 0 Å². The summed E-state index contributed by atoms with van der Waals surface area (Å²) in [4.78, 5) is 0. The molecule has 2 unspecified atom stereocenters. The van der Waals surface area contributed by atoms with Gasteiger partial charge in [-0.3, -0.25) is 0 Å². The molecule has 0 aliphatic carbocycles. The van der Waals surface area contributed by atoms with E-state index < -0.39 is 5.31 Å². The van der Waals surface area contributed by atoms with Crippen molar-refractivity contribution in [2.24, 2.45) is 0 Å². The van der Waals surface area contributed by atoms with Crippen molar-refractivity contribution in [3.8, 4) is 0 Å². The van der Waals surface area contributed by atoms with Gasteiger partial charge in [0.05, 0.1) is 0 Å². The number of ether oxygens (including phenoxy) is 2. The Balaban J connectivity index is 1.78. The molecule has 2 nitrogen and oxygen atoms in total. The zero-order valence-electron chi connectivity index (χ0n) is 18.2. The van der Waals surface area contributed by atoms with Gasteiger partial charge in [0.2, 0.25) is 0 Å². The molecule has 3 aromatic rings. The average molecular weight is 499 g/mol. The fourth-order valence-electron chi connectivity index (χ4n) is 4.82. The first-order valence-electron chi connectivity index (χ1n) is 11.3. The van der Waals surface area contributed by atoms with Gasteiger partial charge in [-0.15, -0.1) is 0 Å². The van der Waals surface area contributed by atoms with Crippen molar-refractivity contribution >= 4 is 36.7 Å². The second-order valence-corrected chi connectivity index (χ2v) is 17.4. The van der Waals surface area contributed by atoms with Crippen molar-refractivity contribution in [2.75, 3.05) is 13.2 Å². The Morgan fingerprint density at radius 1 is 0.839 bits per heavy atom. The summed E-state index contributed by atoms with van der Waals surface area (Å²) in [6.07, 6.45) is 4.23. The van der Waals surface area contributed by atoms with E-state index in [1.54, 1.807) is 0 Å². The second-order valence-electron chi connectivity index (χ2n) is 8.39. The van der Waals surface area contributed by atoms with Gasteiger partial charge in [-0.05, 0) is 0 Å². The Morgan fingerprint density at radius 2 is 1.32 bits per heavy atom. The van der Waals surface area contributed by atoms with Gasteiger partial charge in [0.15, 0.2) is 0 Å². The molecule has 4 rings (SSSR count). The number of rotatable bonds is 8. The molecule has 0 spiro atoms. The maximum absolute atomic E-state index is 6.18. The molecular weight excluding hydrogens is 467 g/mol. The number of halogens is 1. The van der Waals surface area contributed by atoms with Crippen LogP contribution in [0, 0.1) is 0 Å². The third kappa shape index (κ3) is 4.26. The molecule has 2 atom stereocenters. The zero-order valence-corrected chi connectivity index (χ0v) is 20.7. The van der Waals surface area contributed by atoms with E-state index in [-0.39, 0.29) is 6.29 Å². The Kier molecular flexibility index (Phi) is 7.29. The van der Waals surface area contributed by atoms with E-state index >= 15 is 0 Å². The van der Waals surface area contributed by atoms with Gasteiger partial charge in [-0.2, -0.15) is 0 Å². The number of benzene rings is 3. The van der Waals surface area contributed by atoms with E-state index in [2.05, 4.69) is 113 Å². The molecule has 0 aromatic heterocycles. The average Bonchev–Trinajstić information content (AvgIpc) is 2.86. The molecule has 3 aromatic carbocycles. The summed E-state index contributed by atoms with van der Waals surface area (Å²) in [6.45, 7) is 3.89. The van der Waals surface area contributed by atoms with Crippen molar-refractivity contribution in [1.29, 1.82) is 0 Å². The van der Waals surface area contributed by atoms with Gasteiger partial charge in [-0.1, -0.05) is 0 Å². The maximum atomic E-state index is 6.18. The first-order valence-corrected chi connectivity index (χ1v) is 15.6. The van der Waals surface area contributed by atoms with Crippen LogP contribution in [0.15, 0.2) is 91.0 Å². The van der Waals surface area contributed by atoms with E-state index in [9.17, 15) is 0 Å². The van der Waals surface area contributed by atoms with Gasteiger partial charge in [0.25, 0.3) is 0 Å². The number of hydrogen-bond acceptors (Lipinski definition) is 2. The Bertz CT molecular complexity index is 843. The monoisotopic (exact) mass is 498 g/mol. The topological polar surface area (TPSA) is 18.5 Å². The van der Waals surface area contributed by atoms with Crippen LogP contribution in [0.25, 0.3) is 0 Å². The molecule has 0 radical (unpaired) electrons. The number of hydrogen-bond donors (Lipinski definition) is 0. The van der Waals surface area contributed by atoms with Crippen LogP contribution in [0.4, 0.5) is 0 Å². The van der Waals surface area contributed by atoms with Crippen LogP contribution in [0.5, 0.6) is 0 Å². The molecule has 31 heavy (non-hydrogen) atoms. The van der Waals surface area contributed by atoms with Crippen molar-refractivity contribution in [2.45, 2.75) is 44.6 Å². The summed E-state index contributed by atoms with van der Waals surface area (Å²) in [5.41, 5.74) is 0.335. The van der Waals surface area contributed by atoms with Gasteiger partial charge in [0, 0.05) is 0 Å². The summed E-state index contributed by atoms with van der Waals surface area (Å²) in [7, 11) is 0. The molecule has 4 heteroatoms. The van der Waals surface area contributed by atoms with E-state index in [1.165, 1.54) is 22.3 Å². The van der Waals surface area contributed by atoms with E-state index in [0.717, 1.165) is 25.9 Å². The van der Waals surface area contributed by atoms with E-state index in [4.69, 9.17) is 9.47 Å². The SMILES string of the molecule is CC(CCOC1CCCCO1)P(Br)(c1ccccc1)(c1ccccc1)c1ccccc1. The zero-order chi connectivity index (χ0) is 21.6. The van der Waals surface area contributed by atoms with Gasteiger partial charge in [-0.25, -0.2) is 0 Å². The van der Waals surface area contributed by atoms with E-state index in [0.29, 0.717) is 12.3 Å². The Labute approximate surface area is 194 Å². The van der Waals surface area contributed by atoms with Crippen LogP contribution in [0.1, 0.15) is 32.6 Å². The molecular formula is C27H32BrO2P. The minimum absolute atomic E-state index is 0.0486. The normalized spacial score (nSPS) is 19.3. The molecule has 0 bridgehead atoms. The third-order valence-corrected chi connectivity index (χ3v) is 18.2. The molecule has 0 amide bonds.